The third-order valence-corrected chi connectivity index (χ3v) is 7.28. The molecule has 5 rings (SSSR count). The van der Waals surface area contributed by atoms with Crippen LogP contribution in [0.1, 0.15) is 37.7 Å². The Kier molecular flexibility index (Phi) is 5.47. The van der Waals surface area contributed by atoms with Crippen molar-refractivity contribution in [1.82, 2.24) is 4.90 Å². The van der Waals surface area contributed by atoms with Crippen molar-refractivity contribution >= 4 is 11.8 Å². The highest BCUT2D eigenvalue weighted by atomic mass is 19.1. The second-order valence-corrected chi connectivity index (χ2v) is 9.03. The Balaban J connectivity index is 1.29. The number of hydrogen-bond acceptors (Lipinski definition) is 3. The summed E-state index contributed by atoms with van der Waals surface area (Å²) < 4.78 is 19.0. The fourth-order valence-corrected chi connectivity index (χ4v) is 6.00. The van der Waals surface area contributed by atoms with Crippen molar-refractivity contribution in [2.24, 2.45) is 11.8 Å². The lowest BCUT2D eigenvalue weighted by Crippen LogP contribution is -2.55. The number of amides is 1. The quantitative estimate of drug-likeness (QED) is 0.751. The topological polar surface area (TPSA) is 41.6 Å². The minimum Gasteiger partial charge on any atom is -0.446 e. The molecule has 0 spiro atoms. The average molecular weight is 409 g/mol. The third-order valence-electron chi connectivity index (χ3n) is 7.28. The van der Waals surface area contributed by atoms with E-state index in [0.29, 0.717) is 29.6 Å². The first kappa shape index (κ1) is 19.6. The number of rotatable bonds is 4. The van der Waals surface area contributed by atoms with Gasteiger partial charge in [-0.3, -0.25) is 10.2 Å². The van der Waals surface area contributed by atoms with E-state index in [1.807, 2.05) is 0 Å². The van der Waals surface area contributed by atoms with Crippen molar-refractivity contribution < 1.29 is 13.9 Å². The van der Waals surface area contributed by atoms with Crippen LogP contribution in [0.4, 0.5) is 14.9 Å². The number of ether oxygens (including phenoxy) is 1. The van der Waals surface area contributed by atoms with Gasteiger partial charge in [-0.1, -0.05) is 36.8 Å². The van der Waals surface area contributed by atoms with E-state index < -0.39 is 6.09 Å². The second-order valence-electron chi connectivity index (χ2n) is 9.03. The van der Waals surface area contributed by atoms with E-state index in [1.54, 1.807) is 12.1 Å². The molecule has 2 aromatic rings. The first-order valence-corrected chi connectivity index (χ1v) is 11.2. The average Bonchev–Trinajstić information content (AvgIpc) is 3.13. The summed E-state index contributed by atoms with van der Waals surface area (Å²) in [6.07, 6.45) is 6.40. The molecule has 3 unspecified atom stereocenters. The van der Waals surface area contributed by atoms with Crippen LogP contribution in [0, 0.1) is 17.7 Å². The van der Waals surface area contributed by atoms with Gasteiger partial charge < -0.3 is 4.74 Å². The maximum atomic E-state index is 13.1. The van der Waals surface area contributed by atoms with E-state index in [9.17, 15) is 9.18 Å². The molecule has 0 aromatic heterocycles. The predicted octanol–water partition coefficient (Wildman–Crippen LogP) is 5.25. The summed E-state index contributed by atoms with van der Waals surface area (Å²) in [7, 11) is 0. The molecule has 0 radical (unpaired) electrons. The summed E-state index contributed by atoms with van der Waals surface area (Å²) >= 11 is 0. The fraction of sp³-hybridized carbons (Fsp3) is 0.480. The molecular formula is C25H29FN2O2. The lowest BCUT2D eigenvalue weighted by Gasteiger charge is -2.49. The zero-order valence-corrected chi connectivity index (χ0v) is 17.2. The molecule has 158 valence electrons. The van der Waals surface area contributed by atoms with E-state index in [4.69, 9.17) is 4.74 Å². The number of halogens is 1. The molecule has 2 heterocycles. The van der Waals surface area contributed by atoms with Gasteiger partial charge >= 0.3 is 6.09 Å². The van der Waals surface area contributed by atoms with Crippen molar-refractivity contribution in [2.75, 3.05) is 11.9 Å². The number of fused-ring (bicyclic) bond motifs is 4. The van der Waals surface area contributed by atoms with Crippen LogP contribution in [0.15, 0.2) is 54.6 Å². The highest BCUT2D eigenvalue weighted by molar-refractivity contribution is 5.84. The Morgan fingerprint density at radius 2 is 1.87 bits per heavy atom. The molecule has 3 aliphatic rings. The Morgan fingerprint density at radius 3 is 2.67 bits per heavy atom. The summed E-state index contributed by atoms with van der Waals surface area (Å²) in [6.45, 7) is 1.16. The zero-order valence-electron chi connectivity index (χ0n) is 17.2. The Bertz CT molecular complexity index is 872. The number of hydrogen-bond donors (Lipinski definition) is 1. The third kappa shape index (κ3) is 3.95. The predicted molar refractivity (Wildman–Crippen MR) is 115 cm³/mol. The molecule has 1 N–H and O–H groups in total. The number of anilines is 1. The molecule has 1 amide bonds. The number of nitrogens with one attached hydrogen (secondary N) is 1. The minimum atomic E-state index is -0.430. The number of nitrogens with zero attached hydrogens (tertiary/aromatic N) is 1. The van der Waals surface area contributed by atoms with Gasteiger partial charge in [0.1, 0.15) is 11.9 Å². The summed E-state index contributed by atoms with van der Waals surface area (Å²) in [5.41, 5.74) is 1.95. The van der Waals surface area contributed by atoms with E-state index in [1.165, 1.54) is 37.0 Å². The van der Waals surface area contributed by atoms with Gasteiger partial charge in [-0.15, -0.1) is 0 Å². The standard InChI is InChI=1S/C25H29FN2O2/c26-19-9-11-20(12-10-19)27-25(29)30-24-16-18-15-21(24)22-8-4-5-13-28(22)23(18)14-17-6-2-1-3-7-17/h1-3,6-7,9-12,18,21-24H,4-5,8,13-16H2,(H,27,29)/t18?,21?,22-,23+,24?/m1/s1. The SMILES string of the molecule is O=C(Nc1ccc(F)cc1)OC1CC2CC1[C@H]1CCCCN1[C@H]2Cc1ccccc1. The zero-order chi connectivity index (χ0) is 20.5. The van der Waals surface area contributed by atoms with Crippen LogP contribution in [-0.2, 0) is 11.2 Å². The number of benzene rings is 2. The number of carbonyl (C=O) groups excluding carboxylic acids is 1. The van der Waals surface area contributed by atoms with E-state index >= 15 is 0 Å². The minimum absolute atomic E-state index is 0.0400. The van der Waals surface area contributed by atoms with Gasteiger partial charge in [-0.25, -0.2) is 9.18 Å². The summed E-state index contributed by atoms with van der Waals surface area (Å²) in [4.78, 5) is 15.3. The van der Waals surface area contributed by atoms with Crippen LogP contribution in [0.5, 0.6) is 0 Å². The van der Waals surface area contributed by atoms with Crippen molar-refractivity contribution in [3.05, 3.63) is 66.0 Å². The highest BCUT2D eigenvalue weighted by Crippen LogP contribution is 2.49. The summed E-state index contributed by atoms with van der Waals surface area (Å²) in [6, 6.07) is 17.6. The van der Waals surface area contributed by atoms with Crippen LogP contribution < -0.4 is 5.32 Å². The normalized spacial score (nSPS) is 30.5. The molecule has 1 saturated carbocycles. The molecular weight excluding hydrogens is 379 g/mol. The molecule has 5 heteroatoms. The lowest BCUT2D eigenvalue weighted by atomic mass is 9.79. The second kappa shape index (κ2) is 8.38. The van der Waals surface area contributed by atoms with Gasteiger partial charge in [-0.2, -0.15) is 0 Å². The van der Waals surface area contributed by atoms with Crippen LogP contribution >= 0.6 is 0 Å². The van der Waals surface area contributed by atoms with Gasteiger partial charge in [0.25, 0.3) is 0 Å². The fourth-order valence-electron chi connectivity index (χ4n) is 6.00. The van der Waals surface area contributed by atoms with E-state index in [2.05, 4.69) is 40.5 Å². The molecule has 2 aromatic carbocycles. The maximum absolute atomic E-state index is 13.1. The number of piperidine rings is 2. The Morgan fingerprint density at radius 1 is 1.07 bits per heavy atom. The van der Waals surface area contributed by atoms with Crippen LogP contribution in [0.25, 0.3) is 0 Å². The highest BCUT2D eigenvalue weighted by Gasteiger charge is 2.52. The van der Waals surface area contributed by atoms with E-state index in [0.717, 1.165) is 25.8 Å². The lowest BCUT2D eigenvalue weighted by molar-refractivity contribution is -0.0144. The van der Waals surface area contributed by atoms with Gasteiger partial charge in [0.2, 0.25) is 0 Å². The van der Waals surface area contributed by atoms with E-state index in [-0.39, 0.29) is 11.9 Å². The van der Waals surface area contributed by atoms with Crippen molar-refractivity contribution in [3.63, 3.8) is 0 Å². The summed E-state index contributed by atoms with van der Waals surface area (Å²) in [5, 5.41) is 2.76. The van der Waals surface area contributed by atoms with Gasteiger partial charge in [-0.05, 0) is 74.4 Å². The van der Waals surface area contributed by atoms with Gasteiger partial charge in [0.15, 0.2) is 0 Å². The first-order valence-electron chi connectivity index (χ1n) is 11.2. The van der Waals surface area contributed by atoms with Crippen molar-refractivity contribution in [3.8, 4) is 0 Å². The Labute approximate surface area is 177 Å². The summed E-state index contributed by atoms with van der Waals surface area (Å²) in [5.74, 6) is 0.662. The first-order chi connectivity index (χ1) is 14.7. The molecule has 2 bridgehead atoms. The molecule has 4 nitrogen and oxygen atoms in total. The molecule has 2 aliphatic heterocycles. The Hall–Kier alpha value is -2.40. The molecule has 2 saturated heterocycles. The van der Waals surface area contributed by atoms with Crippen molar-refractivity contribution in [1.29, 1.82) is 0 Å². The maximum Gasteiger partial charge on any atom is 0.411 e. The van der Waals surface area contributed by atoms with Crippen LogP contribution in [-0.4, -0.2) is 35.7 Å². The van der Waals surface area contributed by atoms with Crippen LogP contribution in [0.3, 0.4) is 0 Å². The van der Waals surface area contributed by atoms with Crippen molar-refractivity contribution in [2.45, 2.75) is 56.7 Å². The van der Waals surface area contributed by atoms with Gasteiger partial charge in [0, 0.05) is 23.7 Å². The molecule has 5 atom stereocenters. The van der Waals surface area contributed by atoms with Crippen LogP contribution in [0.2, 0.25) is 0 Å². The smallest absolute Gasteiger partial charge is 0.411 e. The molecule has 1 aliphatic carbocycles. The number of carbonyl (C=O) groups is 1. The molecule has 3 fully saturated rings. The molecule has 30 heavy (non-hydrogen) atoms. The van der Waals surface area contributed by atoms with Gasteiger partial charge in [0.05, 0.1) is 0 Å². The largest absolute Gasteiger partial charge is 0.446 e. The monoisotopic (exact) mass is 408 g/mol.